The molecule has 122 valence electrons. The summed E-state index contributed by atoms with van der Waals surface area (Å²) in [5.74, 6) is 3.56. The van der Waals surface area contributed by atoms with Gasteiger partial charge in [-0.05, 0) is 33.0 Å². The molecule has 0 amide bonds. The normalized spacial score (nSPS) is 12.0. The number of hydrogen-bond donors (Lipinski definition) is 0. The van der Waals surface area contributed by atoms with E-state index >= 15 is 0 Å². The van der Waals surface area contributed by atoms with Gasteiger partial charge < -0.3 is 0 Å². The summed E-state index contributed by atoms with van der Waals surface area (Å²) in [6.07, 6.45) is 0.867. The predicted molar refractivity (Wildman–Crippen MR) is 106 cm³/mol. The van der Waals surface area contributed by atoms with Crippen LogP contribution in [0.25, 0.3) is 10.8 Å². The molecule has 0 aliphatic heterocycles. The van der Waals surface area contributed by atoms with Crippen LogP contribution in [0.4, 0.5) is 0 Å². The number of benzene rings is 2. The zero-order valence-electron chi connectivity index (χ0n) is 15.5. The highest BCUT2D eigenvalue weighted by Gasteiger charge is 2.41. The fourth-order valence-electron chi connectivity index (χ4n) is 4.08. The van der Waals surface area contributed by atoms with Crippen molar-refractivity contribution in [1.82, 2.24) is 0 Å². The van der Waals surface area contributed by atoms with Crippen LogP contribution in [0.5, 0.6) is 0 Å². The Bertz CT molecular complexity index is 692. The minimum atomic E-state index is -1.60. The van der Waals surface area contributed by atoms with Crippen LogP contribution in [0.1, 0.15) is 47.1 Å². The van der Waals surface area contributed by atoms with E-state index in [0.717, 1.165) is 6.42 Å². The first-order chi connectivity index (χ1) is 10.9. The maximum Gasteiger partial charge on any atom is 0.145 e. The summed E-state index contributed by atoms with van der Waals surface area (Å²) in [6, 6.07) is 15.3. The molecule has 0 atom stereocenters. The van der Waals surface area contributed by atoms with Gasteiger partial charge >= 0.3 is 0 Å². The molecule has 0 aromatic heterocycles. The van der Waals surface area contributed by atoms with Gasteiger partial charge in [0.05, 0.1) is 0 Å². The molecule has 0 saturated heterocycles. The second-order valence-electron chi connectivity index (χ2n) is 7.56. The molecule has 2 aromatic carbocycles. The van der Waals surface area contributed by atoms with E-state index in [1.165, 1.54) is 16.3 Å². The van der Waals surface area contributed by atoms with E-state index in [1.54, 1.807) is 0 Å². The molecule has 0 radical (unpaired) electrons. The molecule has 0 aliphatic rings. The van der Waals surface area contributed by atoms with E-state index in [1.807, 2.05) is 0 Å². The van der Waals surface area contributed by atoms with Gasteiger partial charge in [-0.3, -0.25) is 0 Å². The lowest BCUT2D eigenvalue weighted by Crippen LogP contribution is -2.43. The zero-order valence-corrected chi connectivity index (χ0v) is 16.5. The summed E-state index contributed by atoms with van der Waals surface area (Å²) in [5, 5.41) is 2.62. The minimum Gasteiger partial charge on any atom is -0.130 e. The molecule has 2 rings (SSSR count). The topological polar surface area (TPSA) is 0 Å². The van der Waals surface area contributed by atoms with Crippen LogP contribution in [-0.4, -0.2) is 8.07 Å². The molecular weight excluding hydrogens is 292 g/mol. The van der Waals surface area contributed by atoms with E-state index in [4.69, 9.17) is 0 Å². The largest absolute Gasteiger partial charge is 0.145 e. The monoisotopic (exact) mass is 322 g/mol. The van der Waals surface area contributed by atoms with Gasteiger partial charge in [-0.25, -0.2) is 0 Å². The highest BCUT2D eigenvalue weighted by Crippen LogP contribution is 2.40. The summed E-state index contributed by atoms with van der Waals surface area (Å²) in [7, 11) is -1.60. The van der Waals surface area contributed by atoms with Crippen molar-refractivity contribution in [2.75, 3.05) is 0 Å². The maximum atomic E-state index is 3.82. The van der Waals surface area contributed by atoms with Crippen molar-refractivity contribution in [2.24, 2.45) is 0 Å². The quantitative estimate of drug-likeness (QED) is 0.439. The van der Waals surface area contributed by atoms with Gasteiger partial charge in [0.2, 0.25) is 0 Å². The van der Waals surface area contributed by atoms with Gasteiger partial charge in [0.15, 0.2) is 0 Å². The molecule has 0 heterocycles. The second kappa shape index (κ2) is 7.36. The third-order valence-electron chi connectivity index (χ3n) is 5.28. The summed E-state index contributed by atoms with van der Waals surface area (Å²) in [6.45, 7) is 14.2. The molecule has 0 aliphatic carbocycles. The third kappa shape index (κ3) is 3.70. The molecule has 0 unspecified atom stereocenters. The number of hydrogen-bond acceptors (Lipinski definition) is 0. The average molecular weight is 323 g/mol. The van der Waals surface area contributed by atoms with Crippen LogP contribution in [0.2, 0.25) is 16.6 Å². The van der Waals surface area contributed by atoms with Gasteiger partial charge in [0.1, 0.15) is 8.07 Å². The first kappa shape index (κ1) is 17.8. The average Bonchev–Trinajstić information content (AvgIpc) is 2.50. The van der Waals surface area contributed by atoms with Gasteiger partial charge in [0, 0.05) is 6.42 Å². The smallest absolute Gasteiger partial charge is 0.130 e. The molecule has 1 heteroatoms. The fraction of sp³-hybridized carbons (Fsp3) is 0.455. The summed E-state index contributed by atoms with van der Waals surface area (Å²) >= 11 is 0. The van der Waals surface area contributed by atoms with Crippen LogP contribution >= 0.6 is 0 Å². The molecular formula is C22H30Si. The van der Waals surface area contributed by atoms with Crippen molar-refractivity contribution in [1.29, 1.82) is 0 Å². The number of rotatable bonds is 4. The number of fused-ring (bicyclic) bond motifs is 1. The van der Waals surface area contributed by atoms with E-state index in [0.29, 0.717) is 16.6 Å². The second-order valence-corrected chi connectivity index (χ2v) is 13.1. The Hall–Kier alpha value is -1.52. The molecule has 0 spiro atoms. The highest BCUT2D eigenvalue weighted by molar-refractivity contribution is 6.90. The molecule has 0 bridgehead atoms. The van der Waals surface area contributed by atoms with Gasteiger partial charge in [-0.2, -0.15) is 0 Å². The zero-order chi connectivity index (χ0) is 17.0. The first-order valence-corrected chi connectivity index (χ1v) is 11.1. The SMILES string of the molecule is CC(C)[Si](C#CCc1ccc2ccccc2c1)(C(C)C)C(C)C. The molecule has 0 N–H and O–H groups in total. The molecule has 0 fully saturated rings. The van der Waals surface area contributed by atoms with E-state index < -0.39 is 8.07 Å². The Morgan fingerprint density at radius 2 is 1.35 bits per heavy atom. The highest BCUT2D eigenvalue weighted by atomic mass is 28.3. The molecule has 0 saturated carbocycles. The van der Waals surface area contributed by atoms with E-state index in [9.17, 15) is 0 Å². The Balaban J connectivity index is 2.28. The predicted octanol–water partition coefficient (Wildman–Crippen LogP) is 6.60. The lowest BCUT2D eigenvalue weighted by Gasteiger charge is -2.38. The Morgan fingerprint density at radius 3 is 1.91 bits per heavy atom. The summed E-state index contributed by atoms with van der Waals surface area (Å²) in [4.78, 5) is 0. The van der Waals surface area contributed by atoms with Crippen molar-refractivity contribution in [2.45, 2.75) is 64.6 Å². The van der Waals surface area contributed by atoms with Gasteiger partial charge in [-0.15, -0.1) is 11.5 Å². The Labute approximate surface area is 143 Å². The van der Waals surface area contributed by atoms with Gasteiger partial charge in [0.25, 0.3) is 0 Å². The maximum absolute atomic E-state index is 3.82. The molecule has 2 aromatic rings. The third-order valence-corrected chi connectivity index (χ3v) is 11.6. The van der Waals surface area contributed by atoms with Crippen LogP contribution in [0.3, 0.4) is 0 Å². The van der Waals surface area contributed by atoms with Crippen LogP contribution in [0.15, 0.2) is 42.5 Å². The van der Waals surface area contributed by atoms with E-state index in [-0.39, 0.29) is 0 Å². The minimum absolute atomic E-state index is 0.701. The Kier molecular flexibility index (Phi) is 5.71. The van der Waals surface area contributed by atoms with Crippen molar-refractivity contribution in [3.63, 3.8) is 0 Å². The standard InChI is InChI=1S/C22H30Si/c1-17(2)23(18(3)4,19(5)6)15-9-10-20-13-14-21-11-7-8-12-22(21)16-20/h7-8,11-14,16-19H,10H2,1-6H3. The van der Waals surface area contributed by atoms with Crippen molar-refractivity contribution >= 4 is 18.8 Å². The van der Waals surface area contributed by atoms with Crippen LogP contribution in [-0.2, 0) is 6.42 Å². The summed E-state index contributed by atoms with van der Waals surface area (Å²) < 4.78 is 0. The Morgan fingerprint density at radius 1 is 0.783 bits per heavy atom. The summed E-state index contributed by atoms with van der Waals surface area (Å²) in [5.41, 5.74) is 7.25. The lowest BCUT2D eigenvalue weighted by molar-refractivity contribution is 0.838. The molecule has 23 heavy (non-hydrogen) atoms. The van der Waals surface area contributed by atoms with Crippen LogP contribution < -0.4 is 0 Å². The van der Waals surface area contributed by atoms with Crippen molar-refractivity contribution in [3.05, 3.63) is 48.0 Å². The lowest BCUT2D eigenvalue weighted by atomic mass is 10.1. The van der Waals surface area contributed by atoms with Crippen molar-refractivity contribution in [3.8, 4) is 11.5 Å². The first-order valence-electron chi connectivity index (χ1n) is 8.85. The molecule has 0 nitrogen and oxygen atoms in total. The van der Waals surface area contributed by atoms with Crippen LogP contribution in [0, 0.1) is 11.5 Å². The van der Waals surface area contributed by atoms with Gasteiger partial charge in [-0.1, -0.05) is 84.0 Å². The fourth-order valence-corrected chi connectivity index (χ4v) is 9.34. The van der Waals surface area contributed by atoms with E-state index in [2.05, 4.69) is 95.5 Å². The van der Waals surface area contributed by atoms with Crippen molar-refractivity contribution < 1.29 is 0 Å².